The fourth-order valence-corrected chi connectivity index (χ4v) is 3.08. The van der Waals surface area contributed by atoms with Crippen molar-refractivity contribution in [1.29, 1.82) is 0 Å². The molecule has 2 rings (SSSR count). The van der Waals surface area contributed by atoms with Gasteiger partial charge in [0.2, 0.25) is 17.7 Å². The van der Waals surface area contributed by atoms with Gasteiger partial charge in [0.25, 0.3) is 0 Å². The number of aliphatic carboxylic acids is 1. The van der Waals surface area contributed by atoms with Crippen molar-refractivity contribution in [3.63, 3.8) is 0 Å². The number of carboxylic acid groups (broad SMARTS) is 1. The van der Waals surface area contributed by atoms with Crippen LogP contribution in [0.15, 0.2) is 30.3 Å². The summed E-state index contributed by atoms with van der Waals surface area (Å²) in [5.41, 5.74) is 0.863. The molecule has 0 aliphatic carbocycles. The summed E-state index contributed by atoms with van der Waals surface area (Å²) < 4.78 is 0. The molecule has 9 nitrogen and oxygen atoms in total. The van der Waals surface area contributed by atoms with Gasteiger partial charge in [-0.1, -0.05) is 44.2 Å². The number of amides is 3. The van der Waals surface area contributed by atoms with Crippen LogP contribution < -0.4 is 21.3 Å². The van der Waals surface area contributed by atoms with Crippen LogP contribution in [0.25, 0.3) is 0 Å². The zero-order valence-electron chi connectivity index (χ0n) is 17.5. The second kappa shape index (κ2) is 10.7. The second-order valence-corrected chi connectivity index (χ2v) is 7.99. The highest BCUT2D eigenvalue weighted by Gasteiger charge is 2.39. The lowest BCUT2D eigenvalue weighted by Gasteiger charge is -2.20. The molecule has 0 bridgehead atoms. The molecule has 0 radical (unpaired) electrons. The Kier molecular flexibility index (Phi) is 8.35. The average molecular weight is 418 g/mol. The van der Waals surface area contributed by atoms with E-state index in [2.05, 4.69) is 21.3 Å². The number of hydrogen-bond acceptors (Lipinski definition) is 5. The van der Waals surface area contributed by atoms with Gasteiger partial charge in [-0.15, -0.1) is 0 Å². The van der Waals surface area contributed by atoms with E-state index in [-0.39, 0.29) is 43.3 Å². The molecule has 0 aromatic heterocycles. The molecule has 1 aliphatic heterocycles. The molecule has 30 heavy (non-hydrogen) atoms. The molecule has 0 saturated carbocycles. The van der Waals surface area contributed by atoms with E-state index in [1.807, 2.05) is 51.1 Å². The molecule has 9 heteroatoms. The van der Waals surface area contributed by atoms with Crippen LogP contribution in [0.3, 0.4) is 0 Å². The first-order valence-corrected chi connectivity index (χ1v) is 10.1. The van der Waals surface area contributed by atoms with Gasteiger partial charge in [-0.2, -0.15) is 0 Å². The van der Waals surface area contributed by atoms with Crippen molar-refractivity contribution in [2.24, 2.45) is 5.92 Å². The quantitative estimate of drug-likeness (QED) is 0.315. The van der Waals surface area contributed by atoms with Crippen molar-refractivity contribution in [3.05, 3.63) is 35.9 Å². The summed E-state index contributed by atoms with van der Waals surface area (Å²) >= 11 is 0. The van der Waals surface area contributed by atoms with Gasteiger partial charge in [0, 0.05) is 12.5 Å². The number of benzene rings is 1. The molecule has 1 aromatic rings. The van der Waals surface area contributed by atoms with Crippen molar-refractivity contribution in [2.75, 3.05) is 6.54 Å². The minimum absolute atomic E-state index is 0.0603. The molecule has 0 spiro atoms. The van der Waals surface area contributed by atoms with Crippen molar-refractivity contribution in [3.8, 4) is 0 Å². The van der Waals surface area contributed by atoms with Gasteiger partial charge < -0.3 is 21.1 Å². The van der Waals surface area contributed by atoms with Gasteiger partial charge >= 0.3 is 5.97 Å². The largest absolute Gasteiger partial charge is 0.480 e. The average Bonchev–Trinajstić information content (AvgIpc) is 3.42. The highest BCUT2D eigenvalue weighted by molar-refractivity contribution is 5.93. The van der Waals surface area contributed by atoms with Crippen LogP contribution in [0.2, 0.25) is 0 Å². The summed E-state index contributed by atoms with van der Waals surface area (Å²) in [6.07, 6.45) is 0.556. The Balaban J connectivity index is 1.94. The van der Waals surface area contributed by atoms with Crippen LogP contribution in [0.5, 0.6) is 0 Å². The third kappa shape index (κ3) is 7.47. The lowest BCUT2D eigenvalue weighted by molar-refractivity contribution is -0.142. The Bertz CT molecular complexity index is 768. The standard InChI is InChI=1S/C21H30N4O5/c1-12(2)9-16(21(29)30)24-17(26)11-22-19(27)15(10-14-7-5-4-6-8-14)25-20(28)18-13(3)23-18/h4-8,12-13,15-16,18,23H,9-11H2,1-3H3,(H,22,27)(H,24,26)(H,25,28)(H,29,30)/t13-,15-,16-,18-/m0/s1. The first-order chi connectivity index (χ1) is 14.2. The van der Waals surface area contributed by atoms with Crippen molar-refractivity contribution in [2.45, 2.75) is 57.8 Å². The summed E-state index contributed by atoms with van der Waals surface area (Å²) in [4.78, 5) is 48.4. The number of hydrogen-bond donors (Lipinski definition) is 5. The Morgan fingerprint density at radius 3 is 2.23 bits per heavy atom. The fourth-order valence-electron chi connectivity index (χ4n) is 3.08. The minimum atomic E-state index is -1.12. The van der Waals surface area contributed by atoms with E-state index in [0.29, 0.717) is 0 Å². The van der Waals surface area contributed by atoms with E-state index < -0.39 is 29.9 Å². The molecule has 1 aromatic carbocycles. The van der Waals surface area contributed by atoms with E-state index in [0.717, 1.165) is 5.56 Å². The molecule has 1 fully saturated rings. The highest BCUT2D eigenvalue weighted by atomic mass is 16.4. The van der Waals surface area contributed by atoms with E-state index >= 15 is 0 Å². The maximum Gasteiger partial charge on any atom is 0.326 e. The monoisotopic (exact) mass is 418 g/mol. The molecule has 5 N–H and O–H groups in total. The highest BCUT2D eigenvalue weighted by Crippen LogP contribution is 2.11. The molecular formula is C21H30N4O5. The number of nitrogens with one attached hydrogen (secondary N) is 4. The minimum Gasteiger partial charge on any atom is -0.480 e. The summed E-state index contributed by atoms with van der Waals surface area (Å²) in [6.45, 7) is 5.21. The first-order valence-electron chi connectivity index (χ1n) is 10.1. The van der Waals surface area contributed by atoms with Crippen LogP contribution in [0.4, 0.5) is 0 Å². The number of carboxylic acids is 1. The van der Waals surface area contributed by atoms with Crippen LogP contribution in [-0.2, 0) is 25.6 Å². The van der Waals surface area contributed by atoms with Crippen LogP contribution >= 0.6 is 0 Å². The number of carbonyl (C=O) groups excluding carboxylic acids is 3. The second-order valence-electron chi connectivity index (χ2n) is 7.99. The zero-order chi connectivity index (χ0) is 22.3. The summed E-state index contributed by atoms with van der Waals surface area (Å²) in [5, 5.41) is 19.8. The van der Waals surface area contributed by atoms with Crippen molar-refractivity contribution >= 4 is 23.7 Å². The van der Waals surface area contributed by atoms with E-state index in [1.165, 1.54) is 0 Å². The van der Waals surface area contributed by atoms with Crippen molar-refractivity contribution < 1.29 is 24.3 Å². The predicted molar refractivity (Wildman–Crippen MR) is 110 cm³/mol. The Morgan fingerprint density at radius 2 is 1.70 bits per heavy atom. The number of rotatable bonds is 11. The third-order valence-corrected chi connectivity index (χ3v) is 4.80. The molecule has 164 valence electrons. The summed E-state index contributed by atoms with van der Waals surface area (Å²) in [6, 6.07) is 7.09. The van der Waals surface area contributed by atoms with E-state index in [4.69, 9.17) is 0 Å². The molecule has 4 atom stereocenters. The Labute approximate surface area is 176 Å². The van der Waals surface area contributed by atoms with Gasteiger partial charge in [-0.3, -0.25) is 19.7 Å². The van der Waals surface area contributed by atoms with Crippen molar-refractivity contribution in [1.82, 2.24) is 21.3 Å². The van der Waals surface area contributed by atoms with E-state index in [1.54, 1.807) is 0 Å². The topological polar surface area (TPSA) is 147 Å². The molecule has 1 saturated heterocycles. The predicted octanol–water partition coefficient (Wildman–Crippen LogP) is -0.194. The number of carbonyl (C=O) groups is 4. The van der Waals surface area contributed by atoms with Gasteiger partial charge in [-0.05, 0) is 24.8 Å². The lowest BCUT2D eigenvalue weighted by atomic mass is 10.0. The van der Waals surface area contributed by atoms with Crippen LogP contribution in [0.1, 0.15) is 32.8 Å². The molecule has 0 unspecified atom stereocenters. The smallest absolute Gasteiger partial charge is 0.326 e. The SMILES string of the molecule is CC(C)C[C@H](NC(=O)CNC(=O)[C@H](Cc1ccccc1)NC(=O)[C@H]1N[C@H]1C)C(=O)O. The first kappa shape index (κ1) is 23.3. The summed E-state index contributed by atoms with van der Waals surface area (Å²) in [7, 11) is 0. The Morgan fingerprint density at radius 1 is 1.07 bits per heavy atom. The fraction of sp³-hybridized carbons (Fsp3) is 0.524. The van der Waals surface area contributed by atoms with Gasteiger partial charge in [0.1, 0.15) is 18.1 Å². The van der Waals surface area contributed by atoms with Crippen LogP contribution in [-0.4, -0.2) is 59.5 Å². The van der Waals surface area contributed by atoms with Gasteiger partial charge in [-0.25, -0.2) is 4.79 Å². The maximum atomic E-state index is 12.7. The van der Waals surface area contributed by atoms with Gasteiger partial charge in [0.05, 0.1) is 6.54 Å². The van der Waals surface area contributed by atoms with Crippen LogP contribution in [0, 0.1) is 5.92 Å². The molecular weight excluding hydrogens is 388 g/mol. The molecule has 1 heterocycles. The summed E-state index contributed by atoms with van der Waals surface area (Å²) in [5.74, 6) is -2.41. The van der Waals surface area contributed by atoms with Gasteiger partial charge in [0.15, 0.2) is 0 Å². The molecule has 3 amide bonds. The normalized spacial score (nSPS) is 19.5. The van der Waals surface area contributed by atoms with E-state index in [9.17, 15) is 24.3 Å². The molecule has 1 aliphatic rings. The third-order valence-electron chi connectivity index (χ3n) is 4.80. The maximum absolute atomic E-state index is 12.7. The lowest BCUT2D eigenvalue weighted by Crippen LogP contribution is -2.52. The zero-order valence-corrected chi connectivity index (χ0v) is 17.5. The Hall–Kier alpha value is -2.94.